The summed E-state index contributed by atoms with van der Waals surface area (Å²) in [6, 6.07) is 7.93. The Balaban J connectivity index is 2.86. The average Bonchev–Trinajstić information content (AvgIpc) is 2.36. The molecule has 4 heteroatoms. The molecule has 102 valence electrons. The van der Waals surface area contributed by atoms with E-state index in [-0.39, 0.29) is 0 Å². The van der Waals surface area contributed by atoms with Crippen molar-refractivity contribution in [3.05, 3.63) is 35.4 Å². The smallest absolute Gasteiger partial charge is 0.261 e. The summed E-state index contributed by atoms with van der Waals surface area (Å²) in [4.78, 5) is 0. The van der Waals surface area contributed by atoms with Crippen LogP contribution in [-0.4, -0.2) is 18.4 Å². The molecule has 0 radical (unpaired) electrons. The van der Waals surface area contributed by atoms with E-state index in [1.165, 1.54) is 5.56 Å². The highest BCUT2D eigenvalue weighted by molar-refractivity contribution is 9.09. The van der Waals surface area contributed by atoms with E-state index in [2.05, 4.69) is 29.8 Å². The Morgan fingerprint density at radius 3 is 2.17 bits per heavy atom. The van der Waals surface area contributed by atoms with Crippen LogP contribution < -0.4 is 0 Å². The van der Waals surface area contributed by atoms with Crippen LogP contribution in [0.5, 0.6) is 0 Å². The standard InChI is InChI=1S/C14H19BrF2O/c1-10(2)11-4-6-12(7-5-11)14(3,9-15)18-8-13(16)17/h4-7,10,13H,8-9H2,1-3H3. The predicted molar refractivity (Wildman–Crippen MR) is 73.6 cm³/mol. The van der Waals surface area contributed by atoms with Crippen LogP contribution in [0.3, 0.4) is 0 Å². The van der Waals surface area contributed by atoms with Gasteiger partial charge < -0.3 is 4.74 Å². The molecule has 0 spiro atoms. The number of hydrogen-bond acceptors (Lipinski definition) is 1. The third-order valence-corrected chi connectivity index (χ3v) is 4.04. The van der Waals surface area contributed by atoms with Crippen LogP contribution in [0.25, 0.3) is 0 Å². The van der Waals surface area contributed by atoms with E-state index in [1.54, 1.807) is 0 Å². The molecule has 1 aromatic carbocycles. The molecule has 0 aliphatic rings. The lowest BCUT2D eigenvalue weighted by molar-refractivity contribution is -0.0703. The van der Waals surface area contributed by atoms with Crippen molar-refractivity contribution in [3.63, 3.8) is 0 Å². The first-order chi connectivity index (χ1) is 8.39. The van der Waals surface area contributed by atoms with Crippen molar-refractivity contribution < 1.29 is 13.5 Å². The summed E-state index contributed by atoms with van der Waals surface area (Å²) in [5.41, 5.74) is 1.42. The quantitative estimate of drug-likeness (QED) is 0.690. The fourth-order valence-electron chi connectivity index (χ4n) is 1.67. The molecular formula is C14H19BrF2O. The number of benzene rings is 1. The molecule has 0 saturated carbocycles. The topological polar surface area (TPSA) is 9.23 Å². The van der Waals surface area contributed by atoms with Gasteiger partial charge in [0.1, 0.15) is 12.2 Å². The van der Waals surface area contributed by atoms with Gasteiger partial charge in [-0.15, -0.1) is 0 Å². The summed E-state index contributed by atoms with van der Waals surface area (Å²) >= 11 is 3.34. The molecule has 0 aliphatic carbocycles. The lowest BCUT2D eigenvalue weighted by Crippen LogP contribution is -2.30. The highest BCUT2D eigenvalue weighted by Crippen LogP contribution is 2.29. The second-order valence-corrected chi connectivity index (χ2v) is 5.40. The SMILES string of the molecule is CC(C)c1ccc(C(C)(CBr)OCC(F)F)cc1. The zero-order valence-corrected chi connectivity index (χ0v) is 12.5. The van der Waals surface area contributed by atoms with Gasteiger partial charge in [-0.25, -0.2) is 8.78 Å². The van der Waals surface area contributed by atoms with Gasteiger partial charge in [-0.3, -0.25) is 0 Å². The lowest BCUT2D eigenvalue weighted by Gasteiger charge is -2.28. The molecule has 0 fully saturated rings. The zero-order chi connectivity index (χ0) is 13.8. The van der Waals surface area contributed by atoms with Gasteiger partial charge in [0.2, 0.25) is 0 Å². The first kappa shape index (κ1) is 15.6. The maximum absolute atomic E-state index is 12.2. The maximum Gasteiger partial charge on any atom is 0.261 e. The van der Waals surface area contributed by atoms with E-state index >= 15 is 0 Å². The van der Waals surface area contributed by atoms with Crippen molar-refractivity contribution in [2.45, 2.75) is 38.7 Å². The molecule has 0 heterocycles. The molecule has 0 saturated heterocycles. The number of ether oxygens (including phenoxy) is 1. The van der Waals surface area contributed by atoms with Gasteiger partial charge in [-0.05, 0) is 24.0 Å². The van der Waals surface area contributed by atoms with Gasteiger partial charge in [0.05, 0.1) is 0 Å². The highest BCUT2D eigenvalue weighted by Gasteiger charge is 2.27. The molecule has 1 atom stereocenters. The van der Waals surface area contributed by atoms with Crippen LogP contribution in [-0.2, 0) is 10.3 Å². The number of halogens is 3. The highest BCUT2D eigenvalue weighted by atomic mass is 79.9. The third kappa shape index (κ3) is 4.02. The second-order valence-electron chi connectivity index (χ2n) is 4.84. The molecule has 1 aromatic rings. The monoisotopic (exact) mass is 320 g/mol. The van der Waals surface area contributed by atoms with Crippen molar-refractivity contribution in [3.8, 4) is 0 Å². The van der Waals surface area contributed by atoms with Crippen LogP contribution in [0.4, 0.5) is 8.78 Å². The summed E-state index contributed by atoms with van der Waals surface area (Å²) in [7, 11) is 0. The number of hydrogen-bond donors (Lipinski definition) is 0. The summed E-state index contributed by atoms with van der Waals surface area (Å²) < 4.78 is 29.8. The van der Waals surface area contributed by atoms with E-state index in [1.807, 2.05) is 31.2 Å². The van der Waals surface area contributed by atoms with Gasteiger partial charge in [0, 0.05) is 5.33 Å². The maximum atomic E-state index is 12.2. The Labute approximate surface area is 116 Å². The summed E-state index contributed by atoms with van der Waals surface area (Å²) in [6.07, 6.45) is -2.45. The Morgan fingerprint density at radius 2 is 1.78 bits per heavy atom. The summed E-state index contributed by atoms with van der Waals surface area (Å²) in [6.45, 7) is 5.50. The van der Waals surface area contributed by atoms with Gasteiger partial charge in [0.15, 0.2) is 0 Å². The van der Waals surface area contributed by atoms with Crippen molar-refractivity contribution in [2.24, 2.45) is 0 Å². The van der Waals surface area contributed by atoms with Crippen molar-refractivity contribution >= 4 is 15.9 Å². The Bertz CT molecular complexity index is 365. The van der Waals surface area contributed by atoms with Crippen LogP contribution in [0.15, 0.2) is 24.3 Å². The minimum atomic E-state index is -2.45. The van der Waals surface area contributed by atoms with Gasteiger partial charge in [0.25, 0.3) is 6.43 Å². The largest absolute Gasteiger partial charge is 0.364 e. The Kier molecular flexibility index (Phi) is 5.73. The fourth-order valence-corrected chi connectivity index (χ4v) is 2.15. The molecule has 0 aliphatic heterocycles. The van der Waals surface area contributed by atoms with Crippen molar-refractivity contribution in [1.82, 2.24) is 0 Å². The first-order valence-corrected chi connectivity index (χ1v) is 7.09. The van der Waals surface area contributed by atoms with Crippen molar-refractivity contribution in [1.29, 1.82) is 0 Å². The fraction of sp³-hybridized carbons (Fsp3) is 0.571. The molecular weight excluding hydrogens is 302 g/mol. The molecule has 1 nitrogen and oxygen atoms in total. The van der Waals surface area contributed by atoms with E-state index < -0.39 is 18.6 Å². The Hall–Kier alpha value is -0.480. The van der Waals surface area contributed by atoms with Crippen LogP contribution in [0.1, 0.15) is 37.8 Å². The normalized spacial score (nSPS) is 15.1. The van der Waals surface area contributed by atoms with E-state index in [0.29, 0.717) is 11.2 Å². The average molecular weight is 321 g/mol. The van der Waals surface area contributed by atoms with E-state index in [0.717, 1.165) is 5.56 Å². The molecule has 1 unspecified atom stereocenters. The van der Waals surface area contributed by atoms with Gasteiger partial charge in [-0.2, -0.15) is 0 Å². The first-order valence-electron chi connectivity index (χ1n) is 5.97. The summed E-state index contributed by atoms with van der Waals surface area (Å²) in [5, 5.41) is 0.480. The van der Waals surface area contributed by atoms with E-state index in [4.69, 9.17) is 4.74 Å². The minimum Gasteiger partial charge on any atom is -0.364 e. The number of alkyl halides is 3. The predicted octanol–water partition coefficient (Wildman–Crippen LogP) is 4.70. The van der Waals surface area contributed by atoms with E-state index in [9.17, 15) is 8.78 Å². The lowest BCUT2D eigenvalue weighted by atomic mass is 9.94. The molecule has 18 heavy (non-hydrogen) atoms. The molecule has 0 bridgehead atoms. The Morgan fingerprint density at radius 1 is 1.22 bits per heavy atom. The van der Waals surface area contributed by atoms with Gasteiger partial charge in [-0.1, -0.05) is 54.0 Å². The van der Waals surface area contributed by atoms with Gasteiger partial charge >= 0.3 is 0 Å². The van der Waals surface area contributed by atoms with Crippen LogP contribution in [0, 0.1) is 0 Å². The number of rotatable bonds is 6. The second kappa shape index (κ2) is 6.62. The minimum absolute atomic E-state index is 0.455. The molecule has 0 aromatic heterocycles. The van der Waals surface area contributed by atoms with Crippen molar-refractivity contribution in [2.75, 3.05) is 11.9 Å². The van der Waals surface area contributed by atoms with Crippen LogP contribution >= 0.6 is 15.9 Å². The third-order valence-electron chi connectivity index (χ3n) is 2.97. The molecule has 0 N–H and O–H groups in total. The summed E-state index contributed by atoms with van der Waals surface area (Å²) in [5.74, 6) is 0.455. The molecule has 0 amide bonds. The zero-order valence-electron chi connectivity index (χ0n) is 10.9. The van der Waals surface area contributed by atoms with Crippen LogP contribution in [0.2, 0.25) is 0 Å². The molecule has 1 rings (SSSR count).